The average molecular weight is 425 g/mol. The van der Waals surface area contributed by atoms with E-state index in [9.17, 15) is 8.78 Å². The Hall–Kier alpha value is -3.37. The van der Waals surface area contributed by atoms with Gasteiger partial charge in [0.15, 0.2) is 11.3 Å². The molecule has 0 radical (unpaired) electrons. The molecule has 1 aliphatic carbocycles. The molecule has 0 unspecified atom stereocenters. The van der Waals surface area contributed by atoms with Gasteiger partial charge < -0.3 is 10.2 Å². The number of nitrogens with zero attached hydrogens (tertiary/aromatic N) is 8. The molecule has 5 heterocycles. The molecule has 1 aliphatic heterocycles. The van der Waals surface area contributed by atoms with Crippen LogP contribution in [0.2, 0.25) is 0 Å². The van der Waals surface area contributed by atoms with Crippen LogP contribution in [0.5, 0.6) is 0 Å². The first-order chi connectivity index (χ1) is 14.8. The summed E-state index contributed by atoms with van der Waals surface area (Å²) in [6.45, 7) is 2.63. The number of halogens is 2. The first-order valence-electron chi connectivity index (χ1n) is 10.3. The summed E-state index contributed by atoms with van der Waals surface area (Å²) >= 11 is 0. The molecule has 160 valence electrons. The number of fused-ring (bicyclic) bond motifs is 5. The molecule has 1 spiro atoms. The zero-order chi connectivity index (χ0) is 21.4. The maximum Gasteiger partial charge on any atom is 0.248 e. The summed E-state index contributed by atoms with van der Waals surface area (Å²) in [7, 11) is 1.95. The third-order valence-corrected chi connectivity index (χ3v) is 6.51. The largest absolute Gasteiger partial charge is 0.343 e. The standard InChI is InChI=1S/C20H21F2N9/c1-12-7-15-24-11-25-30(15)9-14(12)26-17-23-8-13-16(28-17)31-18(27-13)29(2)10-19(31)3-5-20(21,22)6-4-19/h7-9,11H,3-6,10H2,1-2H3,(H,23,26,28). The predicted octanol–water partition coefficient (Wildman–Crippen LogP) is 3.28. The molecule has 0 saturated heterocycles. The summed E-state index contributed by atoms with van der Waals surface area (Å²) < 4.78 is 31.5. The van der Waals surface area contributed by atoms with Crippen molar-refractivity contribution in [3.05, 3.63) is 30.4 Å². The Morgan fingerprint density at radius 1 is 1.10 bits per heavy atom. The van der Waals surface area contributed by atoms with Crippen LogP contribution in [-0.2, 0) is 5.54 Å². The molecule has 31 heavy (non-hydrogen) atoms. The molecule has 9 nitrogen and oxygen atoms in total. The van der Waals surface area contributed by atoms with E-state index in [0.29, 0.717) is 36.5 Å². The van der Waals surface area contributed by atoms with Gasteiger partial charge in [0.05, 0.1) is 23.6 Å². The minimum Gasteiger partial charge on any atom is -0.343 e. The Kier molecular flexibility index (Phi) is 3.61. The lowest BCUT2D eigenvalue weighted by Gasteiger charge is -2.38. The lowest BCUT2D eigenvalue weighted by Crippen LogP contribution is -2.43. The Bertz CT molecular complexity index is 1320. The first-order valence-corrected chi connectivity index (χ1v) is 10.3. The SMILES string of the molecule is Cc1cc2ncnn2cc1Nc1ncc2nc3n(c2n1)C1(CCC(F)(F)CC1)CN3C. The van der Waals surface area contributed by atoms with Crippen molar-refractivity contribution >= 4 is 34.4 Å². The van der Waals surface area contributed by atoms with E-state index in [4.69, 9.17) is 4.98 Å². The zero-order valence-electron chi connectivity index (χ0n) is 17.2. The summed E-state index contributed by atoms with van der Waals surface area (Å²) in [5.41, 5.74) is 3.46. The molecule has 2 aliphatic rings. The minimum absolute atomic E-state index is 0.118. The van der Waals surface area contributed by atoms with Gasteiger partial charge in [-0.15, -0.1) is 0 Å². The average Bonchev–Trinajstić information content (AvgIpc) is 3.40. The third-order valence-electron chi connectivity index (χ3n) is 6.51. The molecule has 6 rings (SSSR count). The monoisotopic (exact) mass is 425 g/mol. The van der Waals surface area contributed by atoms with Crippen molar-refractivity contribution in [2.45, 2.75) is 44.1 Å². The highest BCUT2D eigenvalue weighted by atomic mass is 19.3. The van der Waals surface area contributed by atoms with Gasteiger partial charge in [0.25, 0.3) is 0 Å². The lowest BCUT2D eigenvalue weighted by molar-refractivity contribution is -0.0590. The maximum atomic E-state index is 13.9. The van der Waals surface area contributed by atoms with Crippen molar-refractivity contribution in [2.24, 2.45) is 0 Å². The van der Waals surface area contributed by atoms with Crippen LogP contribution < -0.4 is 10.2 Å². The summed E-state index contributed by atoms with van der Waals surface area (Å²) in [6, 6.07) is 1.93. The van der Waals surface area contributed by atoms with Gasteiger partial charge in [0.2, 0.25) is 17.8 Å². The Balaban J connectivity index is 1.42. The molecular weight excluding hydrogens is 404 g/mol. The van der Waals surface area contributed by atoms with E-state index in [1.807, 2.05) is 31.1 Å². The van der Waals surface area contributed by atoms with Gasteiger partial charge in [0, 0.05) is 26.4 Å². The highest BCUT2D eigenvalue weighted by Crippen LogP contribution is 2.48. The van der Waals surface area contributed by atoms with Crippen LogP contribution in [0.3, 0.4) is 0 Å². The van der Waals surface area contributed by atoms with Crippen LogP contribution in [0.4, 0.5) is 26.4 Å². The molecule has 4 aromatic rings. The van der Waals surface area contributed by atoms with Crippen molar-refractivity contribution in [3.63, 3.8) is 0 Å². The van der Waals surface area contributed by atoms with Crippen molar-refractivity contribution in [2.75, 3.05) is 23.8 Å². The van der Waals surface area contributed by atoms with Gasteiger partial charge in [-0.1, -0.05) is 0 Å². The number of anilines is 3. The van der Waals surface area contributed by atoms with Crippen LogP contribution in [-0.4, -0.2) is 53.6 Å². The van der Waals surface area contributed by atoms with Crippen molar-refractivity contribution in [1.82, 2.24) is 34.1 Å². The maximum absolute atomic E-state index is 13.9. The van der Waals surface area contributed by atoms with Gasteiger partial charge in [0.1, 0.15) is 11.8 Å². The number of likely N-dealkylation sites (N-methyl/N-ethyl adjacent to an activating group) is 1. The number of imidazole rings is 1. The number of pyridine rings is 1. The van der Waals surface area contributed by atoms with Crippen LogP contribution in [0.15, 0.2) is 24.8 Å². The number of nitrogens with one attached hydrogen (secondary N) is 1. The highest BCUT2D eigenvalue weighted by molar-refractivity contribution is 5.77. The van der Waals surface area contributed by atoms with Crippen LogP contribution in [0.25, 0.3) is 16.8 Å². The molecule has 0 aromatic carbocycles. The molecule has 0 bridgehead atoms. The fourth-order valence-electron chi connectivity index (χ4n) is 4.87. The topological polar surface area (TPSA) is 89.1 Å². The molecule has 1 fully saturated rings. The normalized spacial score (nSPS) is 19.4. The minimum atomic E-state index is -2.60. The quantitative estimate of drug-likeness (QED) is 0.527. The van der Waals surface area contributed by atoms with Gasteiger partial charge in [-0.25, -0.2) is 28.2 Å². The Morgan fingerprint density at radius 3 is 2.71 bits per heavy atom. The van der Waals surface area contributed by atoms with Crippen molar-refractivity contribution in [1.29, 1.82) is 0 Å². The smallest absolute Gasteiger partial charge is 0.248 e. The molecule has 11 heteroatoms. The van der Waals surface area contributed by atoms with E-state index in [1.54, 1.807) is 10.7 Å². The number of hydrogen-bond acceptors (Lipinski definition) is 7. The van der Waals surface area contributed by atoms with Gasteiger partial charge in [-0.2, -0.15) is 10.1 Å². The van der Waals surface area contributed by atoms with Crippen molar-refractivity contribution < 1.29 is 8.78 Å². The van der Waals surface area contributed by atoms with Crippen LogP contribution >= 0.6 is 0 Å². The predicted molar refractivity (Wildman–Crippen MR) is 111 cm³/mol. The zero-order valence-corrected chi connectivity index (χ0v) is 17.2. The van der Waals surface area contributed by atoms with Crippen LogP contribution in [0.1, 0.15) is 31.2 Å². The second-order valence-electron chi connectivity index (χ2n) is 8.64. The Labute approximate surface area is 176 Å². The molecule has 0 atom stereocenters. The number of aromatic nitrogens is 7. The highest BCUT2D eigenvalue weighted by Gasteiger charge is 2.50. The number of aryl methyl sites for hydroxylation is 1. The fourth-order valence-corrected chi connectivity index (χ4v) is 4.87. The van der Waals surface area contributed by atoms with E-state index in [0.717, 1.165) is 22.8 Å². The van der Waals surface area contributed by atoms with Gasteiger partial charge >= 0.3 is 0 Å². The fraction of sp³-hybridized carbons (Fsp3) is 0.450. The van der Waals surface area contributed by atoms with E-state index in [2.05, 4.69) is 29.9 Å². The summed E-state index contributed by atoms with van der Waals surface area (Å²) in [6.07, 6.45) is 5.58. The molecule has 4 aromatic heterocycles. The second kappa shape index (κ2) is 6.08. The Morgan fingerprint density at radius 2 is 1.90 bits per heavy atom. The summed E-state index contributed by atoms with van der Waals surface area (Å²) in [5, 5.41) is 7.43. The third kappa shape index (κ3) is 2.75. The van der Waals surface area contributed by atoms with E-state index in [-0.39, 0.29) is 12.8 Å². The molecular formula is C20H21F2N9. The van der Waals surface area contributed by atoms with Crippen molar-refractivity contribution in [3.8, 4) is 0 Å². The summed E-state index contributed by atoms with van der Waals surface area (Å²) in [5.74, 6) is -1.42. The van der Waals surface area contributed by atoms with E-state index in [1.165, 1.54) is 6.33 Å². The number of alkyl halides is 2. The van der Waals surface area contributed by atoms with Gasteiger partial charge in [-0.05, 0) is 31.4 Å². The molecule has 0 amide bonds. The lowest BCUT2D eigenvalue weighted by atomic mass is 9.80. The first kappa shape index (κ1) is 18.4. The number of rotatable bonds is 2. The number of hydrogen-bond donors (Lipinski definition) is 1. The van der Waals surface area contributed by atoms with E-state index >= 15 is 0 Å². The van der Waals surface area contributed by atoms with E-state index < -0.39 is 11.5 Å². The van der Waals surface area contributed by atoms with Crippen LogP contribution in [0, 0.1) is 6.92 Å². The second-order valence-corrected chi connectivity index (χ2v) is 8.64. The summed E-state index contributed by atoms with van der Waals surface area (Å²) in [4.78, 5) is 20.1. The molecule has 1 N–H and O–H groups in total. The van der Waals surface area contributed by atoms with Gasteiger partial charge in [-0.3, -0.25) is 4.57 Å². The molecule has 1 saturated carbocycles.